The molecular formula is C19H23NO4S. The quantitative estimate of drug-likeness (QED) is 0.894. The number of hydrogen-bond donors (Lipinski definition) is 1. The number of sulfone groups is 1. The van der Waals surface area contributed by atoms with Crippen molar-refractivity contribution in [3.8, 4) is 0 Å². The molecule has 2 aromatic carbocycles. The van der Waals surface area contributed by atoms with Crippen molar-refractivity contribution in [2.75, 3.05) is 0 Å². The van der Waals surface area contributed by atoms with Gasteiger partial charge in [0.15, 0.2) is 5.37 Å². The van der Waals surface area contributed by atoms with Gasteiger partial charge in [-0.1, -0.05) is 48.0 Å². The molecule has 0 aliphatic carbocycles. The summed E-state index contributed by atoms with van der Waals surface area (Å²) in [4.78, 5) is 12.3. The number of aryl methyl sites for hydroxylation is 1. The van der Waals surface area contributed by atoms with Gasteiger partial charge >= 0.3 is 6.09 Å². The molecule has 0 spiro atoms. The van der Waals surface area contributed by atoms with E-state index in [9.17, 15) is 13.2 Å². The molecule has 1 unspecified atom stereocenters. The Kier molecular flexibility index (Phi) is 5.52. The third-order valence-corrected chi connectivity index (χ3v) is 5.35. The standard InChI is InChI=1S/C19H23NO4S/c1-14-10-12-16(13-11-14)25(22,23)17(15-8-6-5-7-9-15)20-18(21)24-19(2,3)4/h5-13,17H,1-4H3,(H,20,21). The van der Waals surface area contributed by atoms with Crippen LogP contribution in [0, 0.1) is 6.92 Å². The molecule has 1 N–H and O–H groups in total. The maximum absolute atomic E-state index is 13.1. The Balaban J connectivity index is 2.41. The summed E-state index contributed by atoms with van der Waals surface area (Å²) in [7, 11) is -3.83. The van der Waals surface area contributed by atoms with Crippen LogP contribution in [-0.4, -0.2) is 20.1 Å². The number of benzene rings is 2. The smallest absolute Gasteiger partial charge is 0.408 e. The Labute approximate surface area is 148 Å². The first kappa shape index (κ1) is 19.0. The lowest BCUT2D eigenvalue weighted by Crippen LogP contribution is -2.38. The first-order valence-corrected chi connectivity index (χ1v) is 9.49. The zero-order valence-electron chi connectivity index (χ0n) is 14.8. The summed E-state index contributed by atoms with van der Waals surface area (Å²) >= 11 is 0. The number of carbonyl (C=O) groups excluding carboxylic acids is 1. The highest BCUT2D eigenvalue weighted by Gasteiger charge is 2.32. The fourth-order valence-corrected chi connectivity index (χ4v) is 3.80. The van der Waals surface area contributed by atoms with Crippen LogP contribution in [0.1, 0.15) is 37.3 Å². The highest BCUT2D eigenvalue weighted by atomic mass is 32.2. The Hall–Kier alpha value is -2.34. The van der Waals surface area contributed by atoms with Gasteiger partial charge in [-0.2, -0.15) is 0 Å². The molecule has 0 radical (unpaired) electrons. The number of ether oxygens (including phenoxy) is 1. The molecule has 134 valence electrons. The highest BCUT2D eigenvalue weighted by molar-refractivity contribution is 7.91. The van der Waals surface area contributed by atoms with Gasteiger partial charge in [-0.3, -0.25) is 0 Å². The Morgan fingerprint density at radius 2 is 1.56 bits per heavy atom. The van der Waals surface area contributed by atoms with Crippen LogP contribution < -0.4 is 5.32 Å². The zero-order chi connectivity index (χ0) is 18.7. The fourth-order valence-electron chi connectivity index (χ4n) is 2.25. The molecule has 0 aliphatic heterocycles. The molecule has 1 atom stereocenters. The van der Waals surface area contributed by atoms with Crippen LogP contribution in [0.3, 0.4) is 0 Å². The molecule has 0 bridgehead atoms. The fraction of sp³-hybridized carbons (Fsp3) is 0.316. The third kappa shape index (κ3) is 5.06. The number of hydrogen-bond acceptors (Lipinski definition) is 4. The molecule has 0 saturated heterocycles. The van der Waals surface area contributed by atoms with Gasteiger partial charge in [-0.25, -0.2) is 13.2 Å². The van der Waals surface area contributed by atoms with Crippen LogP contribution >= 0.6 is 0 Å². The average Bonchev–Trinajstić information content (AvgIpc) is 2.52. The van der Waals surface area contributed by atoms with Crippen LogP contribution in [0.15, 0.2) is 59.5 Å². The molecule has 2 rings (SSSR count). The van der Waals surface area contributed by atoms with Gasteiger partial charge in [-0.05, 0) is 45.4 Å². The number of nitrogens with one attached hydrogen (secondary N) is 1. The van der Waals surface area contributed by atoms with Crippen LogP contribution in [0.2, 0.25) is 0 Å². The predicted octanol–water partition coefficient (Wildman–Crippen LogP) is 3.99. The van der Waals surface area contributed by atoms with Gasteiger partial charge in [0.25, 0.3) is 0 Å². The van der Waals surface area contributed by atoms with Crippen molar-refractivity contribution >= 4 is 15.9 Å². The minimum Gasteiger partial charge on any atom is -0.444 e. The second kappa shape index (κ2) is 7.27. The summed E-state index contributed by atoms with van der Waals surface area (Å²) in [5.41, 5.74) is 0.697. The maximum Gasteiger partial charge on any atom is 0.408 e. The summed E-state index contributed by atoms with van der Waals surface area (Å²) in [6.45, 7) is 7.04. The molecular weight excluding hydrogens is 338 g/mol. The van der Waals surface area contributed by atoms with E-state index in [1.165, 1.54) is 12.1 Å². The molecule has 0 saturated carbocycles. The summed E-state index contributed by atoms with van der Waals surface area (Å²) in [6, 6.07) is 15.1. The molecule has 0 heterocycles. The lowest BCUT2D eigenvalue weighted by molar-refractivity contribution is 0.0519. The van der Waals surface area contributed by atoms with E-state index in [0.29, 0.717) is 5.56 Å². The number of carbonyl (C=O) groups is 1. The van der Waals surface area contributed by atoms with E-state index in [4.69, 9.17) is 4.74 Å². The molecule has 0 aromatic heterocycles. The average molecular weight is 361 g/mol. The van der Waals surface area contributed by atoms with Gasteiger partial charge in [0.2, 0.25) is 9.84 Å². The van der Waals surface area contributed by atoms with E-state index in [1.54, 1.807) is 63.2 Å². The van der Waals surface area contributed by atoms with E-state index < -0.39 is 26.9 Å². The molecule has 5 nitrogen and oxygen atoms in total. The summed E-state index contributed by atoms with van der Waals surface area (Å²) < 4.78 is 31.4. The van der Waals surface area contributed by atoms with Crippen LogP contribution in [0.4, 0.5) is 4.79 Å². The van der Waals surface area contributed by atoms with E-state index >= 15 is 0 Å². The molecule has 1 amide bonds. The van der Waals surface area contributed by atoms with Gasteiger partial charge in [0.05, 0.1) is 4.90 Å². The normalized spacial score (nSPS) is 13.1. The topological polar surface area (TPSA) is 72.5 Å². The maximum atomic E-state index is 13.1. The van der Waals surface area contributed by atoms with Crippen LogP contribution in [0.25, 0.3) is 0 Å². The molecule has 6 heteroatoms. The lowest BCUT2D eigenvalue weighted by atomic mass is 10.2. The Morgan fingerprint density at radius 1 is 1.00 bits per heavy atom. The highest BCUT2D eigenvalue weighted by Crippen LogP contribution is 2.27. The minimum atomic E-state index is -3.83. The van der Waals surface area contributed by atoms with Crippen LogP contribution in [-0.2, 0) is 14.6 Å². The van der Waals surface area contributed by atoms with Gasteiger partial charge < -0.3 is 10.1 Å². The van der Waals surface area contributed by atoms with Crippen molar-refractivity contribution in [2.45, 2.75) is 43.6 Å². The predicted molar refractivity (Wildman–Crippen MR) is 96.9 cm³/mol. The molecule has 0 aliphatic rings. The van der Waals surface area contributed by atoms with Gasteiger partial charge in [0.1, 0.15) is 5.60 Å². The van der Waals surface area contributed by atoms with E-state index in [-0.39, 0.29) is 4.90 Å². The van der Waals surface area contributed by atoms with E-state index in [0.717, 1.165) is 5.56 Å². The molecule has 2 aromatic rings. The first-order chi connectivity index (χ1) is 11.6. The van der Waals surface area contributed by atoms with Gasteiger partial charge in [-0.15, -0.1) is 0 Å². The Morgan fingerprint density at radius 3 is 2.08 bits per heavy atom. The summed E-state index contributed by atoms with van der Waals surface area (Å²) in [5.74, 6) is 0. The van der Waals surface area contributed by atoms with Crippen molar-refractivity contribution in [2.24, 2.45) is 0 Å². The van der Waals surface area contributed by atoms with Crippen molar-refractivity contribution in [1.29, 1.82) is 0 Å². The largest absolute Gasteiger partial charge is 0.444 e. The van der Waals surface area contributed by atoms with Crippen molar-refractivity contribution < 1.29 is 17.9 Å². The van der Waals surface area contributed by atoms with E-state index in [1.807, 2.05) is 6.92 Å². The third-order valence-electron chi connectivity index (χ3n) is 3.41. The second-order valence-electron chi connectivity index (χ2n) is 6.80. The molecule has 25 heavy (non-hydrogen) atoms. The van der Waals surface area contributed by atoms with E-state index in [2.05, 4.69) is 5.32 Å². The van der Waals surface area contributed by atoms with Gasteiger partial charge in [0, 0.05) is 0 Å². The molecule has 0 fully saturated rings. The van der Waals surface area contributed by atoms with Crippen molar-refractivity contribution in [1.82, 2.24) is 5.32 Å². The number of rotatable bonds is 4. The van der Waals surface area contributed by atoms with Crippen LogP contribution in [0.5, 0.6) is 0 Å². The Bertz CT molecular complexity index is 822. The minimum absolute atomic E-state index is 0.142. The SMILES string of the molecule is Cc1ccc(S(=O)(=O)C(NC(=O)OC(C)(C)C)c2ccccc2)cc1. The summed E-state index contributed by atoms with van der Waals surface area (Å²) in [5, 5.41) is 1.26. The number of alkyl carbamates (subject to hydrolysis) is 1. The van der Waals surface area contributed by atoms with Crippen molar-refractivity contribution in [3.05, 3.63) is 65.7 Å². The lowest BCUT2D eigenvalue weighted by Gasteiger charge is -2.24. The zero-order valence-corrected chi connectivity index (χ0v) is 15.6. The summed E-state index contributed by atoms with van der Waals surface area (Å²) in [6.07, 6.45) is -0.781. The number of amides is 1. The first-order valence-electron chi connectivity index (χ1n) is 7.94. The monoisotopic (exact) mass is 361 g/mol. The second-order valence-corrected chi connectivity index (χ2v) is 8.83. The van der Waals surface area contributed by atoms with Crippen molar-refractivity contribution in [3.63, 3.8) is 0 Å².